The van der Waals surface area contributed by atoms with E-state index in [2.05, 4.69) is 11.0 Å². The number of nitrogens with two attached hydrogens (primary N) is 1. The molecular formula is C12H18N2O. The highest BCUT2D eigenvalue weighted by atomic mass is 16.3. The van der Waals surface area contributed by atoms with Crippen LogP contribution >= 0.6 is 0 Å². The lowest BCUT2D eigenvalue weighted by molar-refractivity contribution is 0.220. The predicted octanol–water partition coefficient (Wildman–Crippen LogP) is 1.08. The fourth-order valence-corrected chi connectivity index (χ4v) is 2.12. The minimum Gasteiger partial charge on any atom is -0.398 e. The minimum atomic E-state index is 0.306. The number of rotatable bonds is 3. The second-order valence-electron chi connectivity index (χ2n) is 4.27. The minimum absolute atomic E-state index is 0.306. The summed E-state index contributed by atoms with van der Waals surface area (Å²) in [6.45, 7) is 3.27. The third kappa shape index (κ3) is 2.49. The van der Waals surface area contributed by atoms with E-state index in [1.54, 1.807) is 0 Å². The van der Waals surface area contributed by atoms with E-state index < -0.39 is 0 Å². The molecule has 3 heteroatoms. The molecule has 3 N–H and O–H groups in total. The predicted molar refractivity (Wildman–Crippen MR) is 61.3 cm³/mol. The Kier molecular flexibility index (Phi) is 3.23. The van der Waals surface area contributed by atoms with Crippen molar-refractivity contribution in [1.82, 2.24) is 4.90 Å². The van der Waals surface area contributed by atoms with Crippen molar-refractivity contribution in [2.24, 2.45) is 5.92 Å². The Bertz CT molecular complexity index is 327. The molecule has 1 aromatic carbocycles. The first kappa shape index (κ1) is 10.5. The summed E-state index contributed by atoms with van der Waals surface area (Å²) in [5.41, 5.74) is 7.95. The Hall–Kier alpha value is -1.06. The van der Waals surface area contributed by atoms with Crippen molar-refractivity contribution >= 4 is 5.69 Å². The van der Waals surface area contributed by atoms with E-state index in [9.17, 15) is 0 Å². The van der Waals surface area contributed by atoms with Gasteiger partial charge in [0.05, 0.1) is 0 Å². The number of aliphatic hydroxyl groups excluding tert-OH is 1. The van der Waals surface area contributed by atoms with E-state index in [0.717, 1.165) is 31.7 Å². The molecule has 82 valence electrons. The molecule has 1 aliphatic rings. The van der Waals surface area contributed by atoms with Crippen LogP contribution in [0.3, 0.4) is 0 Å². The molecular weight excluding hydrogens is 188 g/mol. The van der Waals surface area contributed by atoms with E-state index in [-0.39, 0.29) is 0 Å². The van der Waals surface area contributed by atoms with Crippen LogP contribution < -0.4 is 5.73 Å². The lowest BCUT2D eigenvalue weighted by Gasteiger charge is -2.16. The first-order valence-corrected chi connectivity index (χ1v) is 5.46. The number of aliphatic hydroxyl groups is 1. The number of anilines is 1. The van der Waals surface area contributed by atoms with Crippen LogP contribution in [-0.4, -0.2) is 29.7 Å². The molecule has 0 saturated carbocycles. The molecule has 2 rings (SSSR count). The van der Waals surface area contributed by atoms with E-state index in [0.29, 0.717) is 12.5 Å². The number of nitrogen functional groups attached to an aromatic ring is 1. The molecule has 0 aliphatic carbocycles. The van der Waals surface area contributed by atoms with Gasteiger partial charge in [-0.1, -0.05) is 18.2 Å². The molecule has 0 bridgehead atoms. The lowest BCUT2D eigenvalue weighted by atomic mass is 10.1. The maximum absolute atomic E-state index is 9.05. The summed E-state index contributed by atoms with van der Waals surface area (Å²) in [6, 6.07) is 7.99. The van der Waals surface area contributed by atoms with Crippen LogP contribution in [0.4, 0.5) is 5.69 Å². The molecule has 3 nitrogen and oxygen atoms in total. The third-order valence-corrected chi connectivity index (χ3v) is 3.08. The van der Waals surface area contributed by atoms with Crippen molar-refractivity contribution in [3.63, 3.8) is 0 Å². The van der Waals surface area contributed by atoms with Crippen molar-refractivity contribution in [2.75, 3.05) is 25.4 Å². The molecule has 0 radical (unpaired) electrons. The van der Waals surface area contributed by atoms with Crippen molar-refractivity contribution in [1.29, 1.82) is 0 Å². The molecule has 15 heavy (non-hydrogen) atoms. The van der Waals surface area contributed by atoms with Crippen molar-refractivity contribution in [3.05, 3.63) is 29.8 Å². The quantitative estimate of drug-likeness (QED) is 0.728. The van der Waals surface area contributed by atoms with Gasteiger partial charge in [0, 0.05) is 25.4 Å². The molecule has 0 amide bonds. The Morgan fingerprint density at radius 2 is 2.20 bits per heavy atom. The van der Waals surface area contributed by atoms with Crippen LogP contribution in [0.25, 0.3) is 0 Å². The molecule has 1 aromatic rings. The van der Waals surface area contributed by atoms with Crippen molar-refractivity contribution < 1.29 is 5.11 Å². The van der Waals surface area contributed by atoms with Gasteiger partial charge in [-0.05, 0) is 30.5 Å². The van der Waals surface area contributed by atoms with Crippen LogP contribution in [0.2, 0.25) is 0 Å². The summed E-state index contributed by atoms with van der Waals surface area (Å²) in [7, 11) is 0. The van der Waals surface area contributed by atoms with E-state index in [4.69, 9.17) is 10.8 Å². The van der Waals surface area contributed by atoms with Crippen molar-refractivity contribution in [2.45, 2.75) is 13.0 Å². The molecule has 1 heterocycles. The van der Waals surface area contributed by atoms with Crippen LogP contribution in [0, 0.1) is 5.92 Å². The van der Waals surface area contributed by atoms with Gasteiger partial charge < -0.3 is 10.8 Å². The SMILES string of the molecule is Nc1ccccc1CN1CCC(CO)C1. The highest BCUT2D eigenvalue weighted by molar-refractivity contribution is 5.46. The third-order valence-electron chi connectivity index (χ3n) is 3.08. The number of hydrogen-bond donors (Lipinski definition) is 2. The Labute approximate surface area is 90.5 Å². The standard InChI is InChI=1S/C12H18N2O/c13-12-4-2-1-3-11(12)8-14-6-5-10(7-14)9-15/h1-4,10,15H,5-9,13H2. The van der Waals surface area contributed by atoms with Gasteiger partial charge in [-0.3, -0.25) is 4.90 Å². The zero-order valence-electron chi connectivity index (χ0n) is 8.89. The van der Waals surface area contributed by atoms with E-state index >= 15 is 0 Å². The highest BCUT2D eigenvalue weighted by Gasteiger charge is 2.21. The van der Waals surface area contributed by atoms with E-state index in [1.165, 1.54) is 5.56 Å². The molecule has 1 fully saturated rings. The number of hydrogen-bond acceptors (Lipinski definition) is 3. The first-order valence-electron chi connectivity index (χ1n) is 5.46. The number of para-hydroxylation sites is 1. The maximum Gasteiger partial charge on any atom is 0.0471 e. The van der Waals surface area contributed by atoms with Gasteiger partial charge in [0.25, 0.3) is 0 Å². The summed E-state index contributed by atoms with van der Waals surface area (Å²) in [5, 5.41) is 9.05. The fourth-order valence-electron chi connectivity index (χ4n) is 2.12. The van der Waals surface area contributed by atoms with Crippen LogP contribution in [0.1, 0.15) is 12.0 Å². The summed E-state index contributed by atoms with van der Waals surface area (Å²) >= 11 is 0. The van der Waals surface area contributed by atoms with Gasteiger partial charge in [-0.25, -0.2) is 0 Å². The molecule has 0 aromatic heterocycles. The zero-order valence-corrected chi connectivity index (χ0v) is 8.89. The zero-order chi connectivity index (χ0) is 10.7. The molecule has 1 saturated heterocycles. The monoisotopic (exact) mass is 206 g/mol. The molecule has 1 atom stereocenters. The number of nitrogens with zero attached hydrogens (tertiary/aromatic N) is 1. The second-order valence-corrected chi connectivity index (χ2v) is 4.27. The lowest BCUT2D eigenvalue weighted by Crippen LogP contribution is -2.21. The van der Waals surface area contributed by atoms with Gasteiger partial charge in [-0.2, -0.15) is 0 Å². The Morgan fingerprint density at radius 3 is 2.87 bits per heavy atom. The van der Waals surface area contributed by atoms with Gasteiger partial charge in [0.15, 0.2) is 0 Å². The van der Waals surface area contributed by atoms with Gasteiger partial charge in [-0.15, -0.1) is 0 Å². The number of likely N-dealkylation sites (tertiary alicyclic amines) is 1. The fraction of sp³-hybridized carbons (Fsp3) is 0.500. The van der Waals surface area contributed by atoms with Gasteiger partial charge >= 0.3 is 0 Å². The smallest absolute Gasteiger partial charge is 0.0471 e. The van der Waals surface area contributed by atoms with Crippen LogP contribution in [-0.2, 0) is 6.54 Å². The summed E-state index contributed by atoms with van der Waals surface area (Å²) in [6.07, 6.45) is 1.10. The Balaban J connectivity index is 1.96. The average Bonchev–Trinajstić information content (AvgIpc) is 2.69. The van der Waals surface area contributed by atoms with Gasteiger partial charge in [0.1, 0.15) is 0 Å². The first-order chi connectivity index (χ1) is 7.29. The summed E-state index contributed by atoms with van der Waals surface area (Å²) in [4.78, 5) is 2.35. The summed E-state index contributed by atoms with van der Waals surface area (Å²) in [5.74, 6) is 0.454. The Morgan fingerprint density at radius 1 is 1.40 bits per heavy atom. The average molecular weight is 206 g/mol. The van der Waals surface area contributed by atoms with E-state index in [1.807, 2.05) is 18.2 Å². The topological polar surface area (TPSA) is 49.5 Å². The molecule has 1 aliphatic heterocycles. The molecule has 1 unspecified atom stereocenters. The van der Waals surface area contributed by atoms with Crippen molar-refractivity contribution in [3.8, 4) is 0 Å². The number of benzene rings is 1. The van der Waals surface area contributed by atoms with Crippen LogP contribution in [0.15, 0.2) is 24.3 Å². The highest BCUT2D eigenvalue weighted by Crippen LogP contribution is 2.20. The largest absolute Gasteiger partial charge is 0.398 e. The van der Waals surface area contributed by atoms with Crippen LogP contribution in [0.5, 0.6) is 0 Å². The second kappa shape index (κ2) is 4.64. The van der Waals surface area contributed by atoms with Gasteiger partial charge in [0.2, 0.25) is 0 Å². The molecule has 0 spiro atoms. The summed E-state index contributed by atoms with van der Waals surface area (Å²) < 4.78 is 0. The maximum atomic E-state index is 9.05. The normalized spacial score (nSPS) is 22.1.